The largest absolute Gasteiger partial charge is 0.354 e. The lowest BCUT2D eigenvalue weighted by Crippen LogP contribution is -2.11. The van der Waals surface area contributed by atoms with Crippen molar-refractivity contribution >= 4 is 32.8 Å². The van der Waals surface area contributed by atoms with Gasteiger partial charge < -0.3 is 4.98 Å². The zero-order chi connectivity index (χ0) is 46.7. The van der Waals surface area contributed by atoms with Crippen LogP contribution in [-0.4, -0.2) is 19.5 Å². The van der Waals surface area contributed by atoms with Crippen LogP contribution in [0.1, 0.15) is 58.2 Å². The fraction of sp³-hybridized carbons (Fsp3) is 0.127. The molecule has 0 atom stereocenters. The number of benzene rings is 8. The molecule has 0 saturated heterocycles. The van der Waals surface area contributed by atoms with E-state index in [1.54, 1.807) is 6.20 Å². The van der Waals surface area contributed by atoms with Gasteiger partial charge in [-0.05, 0) is 110 Å². The second-order valence-corrected chi connectivity index (χ2v) is 19.9. The summed E-state index contributed by atoms with van der Waals surface area (Å²) in [5, 5.41) is 12.6. The number of pyridine rings is 1. The van der Waals surface area contributed by atoms with Gasteiger partial charge in [-0.15, -0.1) is 0 Å². The van der Waals surface area contributed by atoms with Gasteiger partial charge in [0.2, 0.25) is 0 Å². The Kier molecular flexibility index (Phi) is 10.3. The van der Waals surface area contributed by atoms with Gasteiger partial charge in [-0.2, -0.15) is 5.26 Å². The van der Waals surface area contributed by atoms with Gasteiger partial charge in [-0.3, -0.25) is 9.55 Å². The predicted octanol–water partition coefficient (Wildman–Crippen LogP) is 16.5. The van der Waals surface area contributed by atoms with Crippen LogP contribution in [0.3, 0.4) is 0 Å². The Morgan fingerprint density at radius 1 is 0.485 bits per heavy atom. The summed E-state index contributed by atoms with van der Waals surface area (Å²) in [5.74, 6) is 0.857. The average molecular weight is 878 g/mol. The van der Waals surface area contributed by atoms with Gasteiger partial charge in [0.05, 0.1) is 33.5 Å². The van der Waals surface area contributed by atoms with Gasteiger partial charge in [-0.1, -0.05) is 169 Å². The molecule has 8 aromatic carbocycles. The molecule has 5 heteroatoms. The minimum absolute atomic E-state index is 0.00814. The summed E-state index contributed by atoms with van der Waals surface area (Å²) in [4.78, 5) is 14.7. The van der Waals surface area contributed by atoms with E-state index >= 15 is 0 Å². The molecule has 0 aliphatic heterocycles. The molecular formula is C63H51N5. The Balaban J connectivity index is 1.22. The van der Waals surface area contributed by atoms with Crippen LogP contribution in [0.5, 0.6) is 0 Å². The zero-order valence-electron chi connectivity index (χ0n) is 39.3. The number of imidazole rings is 1. The van der Waals surface area contributed by atoms with Crippen LogP contribution in [0.4, 0.5) is 0 Å². The number of aromatic nitrogens is 4. The van der Waals surface area contributed by atoms with Gasteiger partial charge in [0.15, 0.2) is 0 Å². The van der Waals surface area contributed by atoms with E-state index in [9.17, 15) is 5.26 Å². The number of nitriles is 1. The van der Waals surface area contributed by atoms with Crippen LogP contribution in [0.2, 0.25) is 0 Å². The van der Waals surface area contributed by atoms with Crippen LogP contribution < -0.4 is 0 Å². The molecule has 0 aliphatic carbocycles. The van der Waals surface area contributed by atoms with Crippen molar-refractivity contribution in [1.82, 2.24) is 19.5 Å². The smallest absolute Gasteiger partial charge is 0.147 e. The maximum absolute atomic E-state index is 10.2. The van der Waals surface area contributed by atoms with E-state index < -0.39 is 0 Å². The molecule has 0 spiro atoms. The molecule has 11 rings (SSSR count). The van der Waals surface area contributed by atoms with Gasteiger partial charge >= 0.3 is 0 Å². The van der Waals surface area contributed by atoms with E-state index in [0.29, 0.717) is 5.56 Å². The first kappa shape index (κ1) is 42.3. The molecule has 0 fully saturated rings. The molecule has 0 amide bonds. The Labute approximate surface area is 398 Å². The number of hydrogen-bond donors (Lipinski definition) is 1. The second kappa shape index (κ2) is 16.5. The summed E-state index contributed by atoms with van der Waals surface area (Å²) in [6, 6.07) is 69.2. The quantitative estimate of drug-likeness (QED) is 0.173. The van der Waals surface area contributed by atoms with E-state index in [2.05, 4.69) is 203 Å². The van der Waals surface area contributed by atoms with E-state index in [4.69, 9.17) is 9.97 Å². The van der Waals surface area contributed by atoms with Crippen molar-refractivity contribution < 1.29 is 0 Å². The number of nitrogens with zero attached hydrogens (tertiary/aromatic N) is 4. The highest BCUT2D eigenvalue weighted by Gasteiger charge is 2.26. The molecule has 0 radical (unpaired) electrons. The topological polar surface area (TPSA) is 70.3 Å². The SMILES string of the molecule is CC(C)(C)c1ccc2[nH]c3c(-c4nc5c(-c6cc(-c7ccccc7)cc(-c7cc(-c8ccccc8)c(C#N)cn7)c6)cccc5n4-c4ccccc4-c4ccccc4)cc(C(C)(C)C)cc3c2c1. The third-order valence-corrected chi connectivity index (χ3v) is 13.4. The summed E-state index contributed by atoms with van der Waals surface area (Å²) >= 11 is 0. The van der Waals surface area contributed by atoms with Crippen LogP contribution in [-0.2, 0) is 10.8 Å². The summed E-state index contributed by atoms with van der Waals surface area (Å²) in [5.41, 5.74) is 19.0. The number of fused-ring (bicyclic) bond motifs is 4. The first-order chi connectivity index (χ1) is 32.9. The Morgan fingerprint density at radius 2 is 1.09 bits per heavy atom. The molecule has 0 aliphatic rings. The summed E-state index contributed by atoms with van der Waals surface area (Å²) in [6.45, 7) is 13.7. The maximum atomic E-state index is 10.2. The molecule has 0 bridgehead atoms. The van der Waals surface area contributed by atoms with Crippen LogP contribution in [0, 0.1) is 11.3 Å². The lowest BCUT2D eigenvalue weighted by atomic mass is 9.84. The summed E-state index contributed by atoms with van der Waals surface area (Å²) in [6.07, 6.45) is 1.70. The minimum atomic E-state index is -0.147. The average Bonchev–Trinajstić information content (AvgIpc) is 3.95. The second-order valence-electron chi connectivity index (χ2n) is 19.9. The predicted molar refractivity (Wildman–Crippen MR) is 283 cm³/mol. The highest BCUT2D eigenvalue weighted by atomic mass is 15.1. The molecule has 11 aromatic rings. The molecule has 0 unspecified atom stereocenters. The molecule has 3 aromatic heterocycles. The van der Waals surface area contributed by atoms with Gasteiger partial charge in [-0.25, -0.2) is 4.98 Å². The molecule has 328 valence electrons. The van der Waals surface area contributed by atoms with Crippen LogP contribution >= 0.6 is 0 Å². The zero-order valence-corrected chi connectivity index (χ0v) is 39.3. The first-order valence-electron chi connectivity index (χ1n) is 23.4. The summed E-state index contributed by atoms with van der Waals surface area (Å²) < 4.78 is 2.38. The lowest BCUT2D eigenvalue weighted by Gasteiger charge is -2.21. The van der Waals surface area contributed by atoms with Crippen molar-refractivity contribution in [3.05, 3.63) is 211 Å². The Morgan fingerprint density at radius 3 is 1.78 bits per heavy atom. The third-order valence-electron chi connectivity index (χ3n) is 13.4. The molecule has 0 saturated carbocycles. The van der Waals surface area contributed by atoms with E-state index in [1.807, 2.05) is 42.5 Å². The molecular weight excluding hydrogens is 827 g/mol. The molecule has 3 heterocycles. The Bertz CT molecular complexity index is 3740. The van der Waals surface area contributed by atoms with E-state index in [-0.39, 0.29) is 10.8 Å². The maximum Gasteiger partial charge on any atom is 0.147 e. The number of H-pyrrole nitrogens is 1. The van der Waals surface area contributed by atoms with Crippen molar-refractivity contribution in [2.24, 2.45) is 0 Å². The minimum Gasteiger partial charge on any atom is -0.354 e. The number of rotatable bonds is 7. The van der Waals surface area contributed by atoms with Gasteiger partial charge in [0.1, 0.15) is 11.9 Å². The van der Waals surface area contributed by atoms with Crippen molar-refractivity contribution in [2.45, 2.75) is 52.4 Å². The standard InChI is InChI=1S/C63H51N5/c1-62(2,3)47-29-30-55-52(34-47)53-35-48(63(4,5)6)36-54(59(53)66-55)61-67-60-50(26-18-28-58(60)68(61)57-27-17-16-25-49(57)41-21-12-8-13-22-41)44-31-43(40-19-10-7-11-20-40)32-45(33-44)56-37-51(46(38-64)39-65-56)42-23-14-9-15-24-42/h7-37,39,66H,1-6H3. The van der Waals surface area contributed by atoms with Crippen molar-refractivity contribution in [3.8, 4) is 78.9 Å². The van der Waals surface area contributed by atoms with E-state index in [0.717, 1.165) is 94.9 Å². The van der Waals surface area contributed by atoms with E-state index in [1.165, 1.54) is 21.9 Å². The fourth-order valence-electron chi connectivity index (χ4n) is 9.65. The molecule has 5 nitrogen and oxygen atoms in total. The fourth-order valence-corrected chi connectivity index (χ4v) is 9.65. The Hall–Kier alpha value is -8.33. The van der Waals surface area contributed by atoms with Gasteiger partial charge in [0.25, 0.3) is 0 Å². The van der Waals surface area contributed by atoms with Crippen molar-refractivity contribution in [1.29, 1.82) is 5.26 Å². The van der Waals surface area contributed by atoms with Crippen LogP contribution in [0.25, 0.3) is 106 Å². The third kappa shape index (κ3) is 7.55. The van der Waals surface area contributed by atoms with Gasteiger partial charge in [0, 0.05) is 50.3 Å². The van der Waals surface area contributed by atoms with Crippen LogP contribution in [0.15, 0.2) is 194 Å². The molecule has 1 N–H and O–H groups in total. The molecule has 68 heavy (non-hydrogen) atoms. The van der Waals surface area contributed by atoms with Crippen molar-refractivity contribution in [2.75, 3.05) is 0 Å². The number of hydrogen-bond acceptors (Lipinski definition) is 3. The highest BCUT2D eigenvalue weighted by molar-refractivity contribution is 6.13. The summed E-state index contributed by atoms with van der Waals surface area (Å²) in [7, 11) is 0. The normalized spacial score (nSPS) is 12.0. The monoisotopic (exact) mass is 877 g/mol. The van der Waals surface area contributed by atoms with Crippen molar-refractivity contribution in [3.63, 3.8) is 0 Å². The lowest BCUT2D eigenvalue weighted by molar-refractivity contribution is 0.590. The number of nitrogens with one attached hydrogen (secondary N) is 1. The highest BCUT2D eigenvalue weighted by Crippen LogP contribution is 2.44. The number of aromatic amines is 1. The number of para-hydroxylation sites is 2. The first-order valence-corrected chi connectivity index (χ1v) is 23.4.